The number of aryl methyl sites for hydroxylation is 2. The number of aromatic hydroxyl groups is 2. The molecule has 0 unspecified atom stereocenters. The molecular formula is C49H32O2. The Hall–Kier alpha value is -6.12. The number of fused-ring (bicyclic) bond motifs is 4. The Labute approximate surface area is 294 Å². The first kappa shape index (κ1) is 27.7. The van der Waals surface area contributed by atoms with E-state index >= 15 is 0 Å². The van der Waals surface area contributed by atoms with Crippen molar-refractivity contribution in [1.82, 2.24) is 0 Å². The van der Waals surface area contributed by atoms with Crippen molar-refractivity contribution in [2.45, 2.75) is 31.1 Å². The molecule has 2 aliphatic rings. The van der Waals surface area contributed by atoms with Gasteiger partial charge >= 0.3 is 0 Å². The molecule has 0 aromatic heterocycles. The summed E-state index contributed by atoms with van der Waals surface area (Å²) >= 11 is 0. The van der Waals surface area contributed by atoms with Crippen LogP contribution in [0.1, 0.15) is 35.1 Å². The molecule has 10 aromatic carbocycles. The highest BCUT2D eigenvalue weighted by Gasteiger charge is 2.49. The zero-order valence-electron chi connectivity index (χ0n) is 27.9. The van der Waals surface area contributed by atoms with Crippen molar-refractivity contribution >= 4 is 64.6 Å². The molecule has 0 saturated carbocycles. The van der Waals surface area contributed by atoms with E-state index in [-0.39, 0.29) is 0 Å². The fraction of sp³-hybridized carbons (Fsp3) is 0.102. The third kappa shape index (κ3) is 3.43. The number of hydrogen-bond acceptors (Lipinski definition) is 2. The van der Waals surface area contributed by atoms with E-state index in [9.17, 15) is 10.2 Å². The van der Waals surface area contributed by atoms with Gasteiger partial charge in [-0.15, -0.1) is 0 Å². The van der Waals surface area contributed by atoms with Crippen molar-refractivity contribution in [2.24, 2.45) is 0 Å². The Kier molecular flexibility index (Phi) is 5.19. The van der Waals surface area contributed by atoms with Gasteiger partial charge in [0.05, 0.1) is 0 Å². The molecule has 2 aliphatic carbocycles. The predicted molar refractivity (Wildman–Crippen MR) is 212 cm³/mol. The normalized spacial score (nSPS) is 15.1. The standard InChI is InChI=1S/C49H32O2/c50-47-39(35-17-11-31-9-7-27-3-1-5-29-13-19-37(35)43(31)41(27)29)21-15-33-23-25-49(45(33)47)26-24-34-16-22-40(48(51)46(34)49)36-18-12-32-10-8-28-4-2-6-30-14-20-38(36)44(32)42(28)30/h1-22,50-51H,23-26H2. The summed E-state index contributed by atoms with van der Waals surface area (Å²) in [6, 6.07) is 48.2. The van der Waals surface area contributed by atoms with Crippen LogP contribution in [0.4, 0.5) is 0 Å². The van der Waals surface area contributed by atoms with Crippen LogP contribution in [0.25, 0.3) is 86.9 Å². The van der Waals surface area contributed by atoms with Gasteiger partial charge < -0.3 is 10.2 Å². The Morgan fingerprint density at radius 2 is 0.706 bits per heavy atom. The monoisotopic (exact) mass is 652 g/mol. The van der Waals surface area contributed by atoms with Crippen LogP contribution in [0, 0.1) is 0 Å². The van der Waals surface area contributed by atoms with Gasteiger partial charge in [-0.05, 0) is 113 Å². The first-order valence-electron chi connectivity index (χ1n) is 18.1. The van der Waals surface area contributed by atoms with Gasteiger partial charge in [0.25, 0.3) is 0 Å². The summed E-state index contributed by atoms with van der Waals surface area (Å²) in [6.45, 7) is 0. The summed E-state index contributed by atoms with van der Waals surface area (Å²) in [7, 11) is 0. The molecule has 0 heterocycles. The Bertz CT molecular complexity index is 2870. The third-order valence-corrected chi connectivity index (χ3v) is 12.8. The van der Waals surface area contributed by atoms with Gasteiger partial charge in [-0.25, -0.2) is 0 Å². The molecule has 0 amide bonds. The summed E-state index contributed by atoms with van der Waals surface area (Å²) in [5, 5.41) is 39.7. The van der Waals surface area contributed by atoms with E-state index in [0.717, 1.165) is 69.8 Å². The van der Waals surface area contributed by atoms with Crippen molar-refractivity contribution < 1.29 is 10.2 Å². The first-order valence-corrected chi connectivity index (χ1v) is 18.1. The maximum atomic E-state index is 12.5. The number of hydrogen-bond donors (Lipinski definition) is 2. The lowest BCUT2D eigenvalue weighted by molar-refractivity contribution is 0.418. The average molecular weight is 653 g/mol. The molecule has 2 heteroatoms. The average Bonchev–Trinajstić information content (AvgIpc) is 3.74. The lowest BCUT2D eigenvalue weighted by atomic mass is 9.74. The molecule has 0 fully saturated rings. The van der Waals surface area contributed by atoms with Gasteiger partial charge in [-0.1, -0.05) is 133 Å². The molecule has 0 aliphatic heterocycles. The van der Waals surface area contributed by atoms with E-state index < -0.39 is 5.41 Å². The highest BCUT2D eigenvalue weighted by Crippen LogP contribution is 2.60. The smallest absolute Gasteiger partial charge is 0.127 e. The van der Waals surface area contributed by atoms with Crippen LogP contribution in [-0.4, -0.2) is 10.2 Å². The van der Waals surface area contributed by atoms with E-state index in [1.165, 1.54) is 65.0 Å². The highest BCUT2D eigenvalue weighted by molar-refractivity contribution is 6.27. The Balaban J connectivity index is 1.07. The molecule has 0 saturated heterocycles. The van der Waals surface area contributed by atoms with Gasteiger partial charge in [-0.3, -0.25) is 0 Å². The maximum absolute atomic E-state index is 12.5. The van der Waals surface area contributed by atoms with Crippen LogP contribution < -0.4 is 0 Å². The fourth-order valence-electron chi connectivity index (χ4n) is 10.6. The van der Waals surface area contributed by atoms with Crippen molar-refractivity contribution in [3.05, 3.63) is 156 Å². The highest BCUT2D eigenvalue weighted by atomic mass is 16.3. The van der Waals surface area contributed by atoms with Crippen LogP contribution >= 0.6 is 0 Å². The Morgan fingerprint density at radius 1 is 0.353 bits per heavy atom. The first-order chi connectivity index (χ1) is 25.1. The van der Waals surface area contributed by atoms with Crippen LogP contribution in [-0.2, 0) is 18.3 Å². The van der Waals surface area contributed by atoms with Crippen molar-refractivity contribution in [3.8, 4) is 33.8 Å². The van der Waals surface area contributed by atoms with Crippen molar-refractivity contribution in [1.29, 1.82) is 0 Å². The molecule has 12 rings (SSSR count). The molecular weight excluding hydrogens is 621 g/mol. The minimum Gasteiger partial charge on any atom is -0.507 e. The van der Waals surface area contributed by atoms with E-state index in [0.29, 0.717) is 11.5 Å². The molecule has 10 aromatic rings. The van der Waals surface area contributed by atoms with Crippen LogP contribution in [0.5, 0.6) is 11.5 Å². The van der Waals surface area contributed by atoms with Gasteiger partial charge in [-0.2, -0.15) is 0 Å². The minimum atomic E-state index is -0.446. The lowest BCUT2D eigenvalue weighted by Crippen LogP contribution is -2.21. The molecule has 1 spiro atoms. The van der Waals surface area contributed by atoms with E-state index in [4.69, 9.17) is 0 Å². The second-order valence-corrected chi connectivity index (χ2v) is 15.0. The van der Waals surface area contributed by atoms with Crippen molar-refractivity contribution in [2.75, 3.05) is 0 Å². The van der Waals surface area contributed by atoms with Crippen LogP contribution in [0.2, 0.25) is 0 Å². The summed E-state index contributed by atoms with van der Waals surface area (Å²) in [5.41, 5.74) is 7.77. The zero-order valence-corrected chi connectivity index (χ0v) is 27.9. The molecule has 240 valence electrons. The molecule has 0 radical (unpaired) electrons. The van der Waals surface area contributed by atoms with Gasteiger partial charge in [0.15, 0.2) is 0 Å². The maximum Gasteiger partial charge on any atom is 0.127 e. The second-order valence-electron chi connectivity index (χ2n) is 15.0. The fourth-order valence-corrected chi connectivity index (χ4v) is 10.6. The molecule has 0 atom stereocenters. The lowest BCUT2D eigenvalue weighted by Gasteiger charge is -2.29. The van der Waals surface area contributed by atoms with Gasteiger partial charge in [0.1, 0.15) is 11.5 Å². The third-order valence-electron chi connectivity index (χ3n) is 12.8. The minimum absolute atomic E-state index is 0.361. The number of rotatable bonds is 2. The van der Waals surface area contributed by atoms with Gasteiger partial charge in [0.2, 0.25) is 0 Å². The number of phenols is 2. The molecule has 51 heavy (non-hydrogen) atoms. The predicted octanol–water partition coefficient (Wildman–Crippen LogP) is 12.4. The quantitative estimate of drug-likeness (QED) is 0.182. The zero-order chi connectivity index (χ0) is 33.6. The summed E-state index contributed by atoms with van der Waals surface area (Å²) < 4.78 is 0. The Morgan fingerprint density at radius 3 is 1.14 bits per heavy atom. The molecule has 0 bridgehead atoms. The topological polar surface area (TPSA) is 40.5 Å². The van der Waals surface area contributed by atoms with Crippen LogP contribution in [0.3, 0.4) is 0 Å². The summed E-state index contributed by atoms with van der Waals surface area (Å²) in [4.78, 5) is 0. The van der Waals surface area contributed by atoms with Crippen molar-refractivity contribution in [3.63, 3.8) is 0 Å². The number of phenolic OH excluding ortho intramolecular Hbond substituents is 2. The summed E-state index contributed by atoms with van der Waals surface area (Å²) in [6.07, 6.45) is 3.51. The second kappa shape index (κ2) is 9.56. The van der Waals surface area contributed by atoms with Crippen LogP contribution in [0.15, 0.2) is 133 Å². The molecule has 2 N–H and O–H groups in total. The van der Waals surface area contributed by atoms with E-state index in [1.54, 1.807) is 0 Å². The van der Waals surface area contributed by atoms with E-state index in [2.05, 4.69) is 133 Å². The number of benzene rings is 10. The largest absolute Gasteiger partial charge is 0.507 e. The molecule has 2 nitrogen and oxygen atoms in total. The summed E-state index contributed by atoms with van der Waals surface area (Å²) in [5.74, 6) is 0.723. The SMILES string of the molecule is Oc1c(-c2ccc3ccc4cccc5ccc2c3c45)ccc2c1C1(CC2)CCc2ccc(-c3ccc4ccc5cccc6ccc3c4c56)c(O)c21. The van der Waals surface area contributed by atoms with E-state index in [1.807, 2.05) is 0 Å². The van der Waals surface area contributed by atoms with Gasteiger partial charge in [0, 0.05) is 27.7 Å².